The van der Waals surface area contributed by atoms with Gasteiger partial charge in [0.2, 0.25) is 11.7 Å². The Morgan fingerprint density at radius 3 is 2.70 bits per heavy atom. The van der Waals surface area contributed by atoms with Gasteiger partial charge in [0.25, 0.3) is 0 Å². The van der Waals surface area contributed by atoms with Gasteiger partial charge in [-0.25, -0.2) is 13.9 Å². The van der Waals surface area contributed by atoms with Crippen molar-refractivity contribution in [1.82, 2.24) is 29.6 Å². The number of fused-ring (bicyclic) bond motifs is 1. The Balaban J connectivity index is 1.29. The van der Waals surface area contributed by atoms with E-state index < -0.39 is 11.4 Å². The normalized spacial score (nSPS) is 15.2. The second-order valence-electron chi connectivity index (χ2n) is 11.7. The number of hydrogen-bond acceptors (Lipinski definition) is 9. The third kappa shape index (κ3) is 6.47. The number of anilines is 2. The Bertz CT molecular complexity index is 1480. The molecule has 1 saturated heterocycles. The average molecular weight is 550 g/mol. The molecule has 1 fully saturated rings. The standard InChI is InChI=1S/C29H36FN7O3/c1-18(2)28-34-26(35-40-28)20-6-7-22(30)23(15-20)33-27-25-21(10-13-37(25)32-17-31-27)16-36-11-8-19(9-12-36)14-24(38)39-29(3,4)5/h6-7,10,13,15,17-19H,8-9,11-12,14,16H2,1-5H3,(H,31,32,33). The maximum atomic E-state index is 14.9. The number of nitrogens with one attached hydrogen (secondary N) is 1. The van der Waals surface area contributed by atoms with Crippen molar-refractivity contribution in [3.05, 3.63) is 54.1 Å². The lowest BCUT2D eigenvalue weighted by molar-refractivity contribution is -0.156. The summed E-state index contributed by atoms with van der Waals surface area (Å²) in [7, 11) is 0. The van der Waals surface area contributed by atoms with Crippen LogP contribution in [0.4, 0.5) is 15.9 Å². The van der Waals surface area contributed by atoms with Gasteiger partial charge in [0.05, 0.1) is 5.69 Å². The lowest BCUT2D eigenvalue weighted by atomic mass is 9.93. The van der Waals surface area contributed by atoms with E-state index in [0.717, 1.165) is 37.0 Å². The van der Waals surface area contributed by atoms with Crippen LogP contribution in [0.15, 0.2) is 41.3 Å². The fraction of sp³-hybridized carbons (Fsp3) is 0.483. The number of hydrogen-bond donors (Lipinski definition) is 1. The Morgan fingerprint density at radius 2 is 2.00 bits per heavy atom. The minimum Gasteiger partial charge on any atom is -0.460 e. The van der Waals surface area contributed by atoms with Crippen LogP contribution in [0.1, 0.15) is 71.3 Å². The molecular weight excluding hydrogens is 513 g/mol. The van der Waals surface area contributed by atoms with Crippen molar-refractivity contribution in [1.29, 1.82) is 0 Å². The Labute approximate surface area is 232 Å². The molecule has 0 aliphatic carbocycles. The summed E-state index contributed by atoms with van der Waals surface area (Å²) in [6.07, 6.45) is 5.64. The zero-order chi connectivity index (χ0) is 28.4. The van der Waals surface area contributed by atoms with E-state index in [-0.39, 0.29) is 17.6 Å². The van der Waals surface area contributed by atoms with E-state index in [0.29, 0.717) is 42.0 Å². The Morgan fingerprint density at radius 1 is 1.23 bits per heavy atom. The van der Waals surface area contributed by atoms with Crippen LogP contribution >= 0.6 is 0 Å². The number of halogens is 1. The number of ether oxygens (including phenoxy) is 1. The minimum absolute atomic E-state index is 0.0946. The molecule has 0 atom stereocenters. The summed E-state index contributed by atoms with van der Waals surface area (Å²) in [6.45, 7) is 12.1. The molecule has 4 heterocycles. The molecule has 0 saturated carbocycles. The highest BCUT2D eigenvalue weighted by molar-refractivity contribution is 5.78. The molecule has 3 aromatic heterocycles. The summed E-state index contributed by atoms with van der Waals surface area (Å²) in [5.41, 5.74) is 2.24. The third-order valence-electron chi connectivity index (χ3n) is 6.93. The maximum absolute atomic E-state index is 14.9. The highest BCUT2D eigenvalue weighted by Crippen LogP contribution is 2.30. The molecule has 1 aromatic carbocycles. The quantitative estimate of drug-likeness (QED) is 0.276. The molecule has 0 amide bonds. The molecule has 212 valence electrons. The van der Waals surface area contributed by atoms with Crippen molar-refractivity contribution in [2.45, 2.75) is 71.9 Å². The van der Waals surface area contributed by atoms with Gasteiger partial charge in [0, 0.05) is 30.6 Å². The predicted octanol–water partition coefficient (Wildman–Crippen LogP) is 5.73. The molecule has 0 radical (unpaired) electrons. The fourth-order valence-corrected chi connectivity index (χ4v) is 4.92. The van der Waals surface area contributed by atoms with Gasteiger partial charge in [-0.05, 0) is 82.4 Å². The maximum Gasteiger partial charge on any atom is 0.306 e. The van der Waals surface area contributed by atoms with Crippen molar-refractivity contribution >= 4 is 23.0 Å². The van der Waals surface area contributed by atoms with Crippen molar-refractivity contribution in [3.8, 4) is 11.4 Å². The van der Waals surface area contributed by atoms with Crippen LogP contribution in [0.3, 0.4) is 0 Å². The minimum atomic E-state index is -0.462. The number of aromatic nitrogens is 5. The lowest BCUT2D eigenvalue weighted by Gasteiger charge is -2.32. The van der Waals surface area contributed by atoms with Crippen molar-refractivity contribution in [3.63, 3.8) is 0 Å². The van der Waals surface area contributed by atoms with Crippen molar-refractivity contribution in [2.75, 3.05) is 18.4 Å². The Kier molecular flexibility index (Phi) is 7.84. The van der Waals surface area contributed by atoms with Crippen molar-refractivity contribution in [2.24, 2.45) is 5.92 Å². The Hall–Kier alpha value is -3.86. The van der Waals surface area contributed by atoms with Gasteiger partial charge in [-0.3, -0.25) is 9.69 Å². The van der Waals surface area contributed by atoms with E-state index in [9.17, 15) is 9.18 Å². The largest absolute Gasteiger partial charge is 0.460 e. The third-order valence-corrected chi connectivity index (χ3v) is 6.93. The smallest absolute Gasteiger partial charge is 0.306 e. The highest BCUT2D eigenvalue weighted by Gasteiger charge is 2.25. The SMILES string of the molecule is CC(C)c1nc(-c2ccc(F)c(Nc3ncnn4ccc(CN5CCC(CC(=O)OC(C)(C)C)CC5)c34)c2)no1. The van der Waals surface area contributed by atoms with Crippen LogP contribution in [0, 0.1) is 11.7 Å². The first-order valence-corrected chi connectivity index (χ1v) is 13.7. The molecule has 4 aromatic rings. The van der Waals surface area contributed by atoms with Crippen LogP contribution in [0.2, 0.25) is 0 Å². The van der Waals surface area contributed by atoms with E-state index in [1.165, 1.54) is 12.4 Å². The molecule has 40 heavy (non-hydrogen) atoms. The summed E-state index contributed by atoms with van der Waals surface area (Å²) in [5.74, 6) is 1.29. The second-order valence-corrected chi connectivity index (χ2v) is 11.7. The first kappa shape index (κ1) is 27.7. The van der Waals surface area contributed by atoms with Crippen molar-refractivity contribution < 1.29 is 18.4 Å². The zero-order valence-electron chi connectivity index (χ0n) is 23.6. The summed E-state index contributed by atoms with van der Waals surface area (Å²) < 4.78 is 27.5. The van der Waals surface area contributed by atoms with Crippen LogP contribution in [0.5, 0.6) is 0 Å². The molecule has 1 N–H and O–H groups in total. The molecule has 1 aliphatic rings. The van der Waals surface area contributed by atoms with E-state index in [2.05, 4.69) is 30.4 Å². The lowest BCUT2D eigenvalue weighted by Crippen LogP contribution is -2.34. The number of carbonyl (C=O) groups excluding carboxylic acids is 1. The van der Waals surface area contributed by atoms with E-state index >= 15 is 0 Å². The van der Waals surface area contributed by atoms with Gasteiger partial charge in [0.1, 0.15) is 23.3 Å². The molecule has 0 unspecified atom stereocenters. The predicted molar refractivity (Wildman–Crippen MR) is 149 cm³/mol. The number of rotatable bonds is 8. The van der Waals surface area contributed by atoms with Crippen LogP contribution in [-0.4, -0.2) is 54.3 Å². The van der Waals surface area contributed by atoms with Gasteiger partial charge < -0.3 is 14.6 Å². The van der Waals surface area contributed by atoms with E-state index in [4.69, 9.17) is 9.26 Å². The number of benzene rings is 1. The fourth-order valence-electron chi connectivity index (χ4n) is 4.92. The first-order chi connectivity index (χ1) is 19.1. The van der Waals surface area contributed by atoms with Gasteiger partial charge in [-0.15, -0.1) is 0 Å². The number of nitrogens with zero attached hydrogens (tertiary/aromatic N) is 6. The first-order valence-electron chi connectivity index (χ1n) is 13.7. The number of carbonyl (C=O) groups is 1. The zero-order valence-corrected chi connectivity index (χ0v) is 23.6. The topological polar surface area (TPSA) is 111 Å². The molecule has 0 bridgehead atoms. The summed E-state index contributed by atoms with van der Waals surface area (Å²) in [4.78, 5) is 23.5. The van der Waals surface area contributed by atoms with Crippen LogP contribution in [0.25, 0.3) is 16.9 Å². The van der Waals surface area contributed by atoms with E-state index in [1.54, 1.807) is 16.6 Å². The molecular formula is C29H36FN7O3. The highest BCUT2D eigenvalue weighted by atomic mass is 19.1. The van der Waals surface area contributed by atoms with Crippen LogP contribution in [-0.2, 0) is 16.1 Å². The van der Waals surface area contributed by atoms with E-state index in [1.807, 2.05) is 46.9 Å². The van der Waals surface area contributed by atoms with Crippen LogP contribution < -0.4 is 5.32 Å². The summed E-state index contributed by atoms with van der Waals surface area (Å²) in [5, 5.41) is 11.6. The molecule has 10 nitrogen and oxygen atoms in total. The average Bonchev–Trinajstić information content (AvgIpc) is 3.54. The number of esters is 1. The summed E-state index contributed by atoms with van der Waals surface area (Å²) >= 11 is 0. The molecule has 11 heteroatoms. The monoisotopic (exact) mass is 549 g/mol. The van der Waals surface area contributed by atoms with Gasteiger partial charge in [-0.1, -0.05) is 19.0 Å². The van der Waals surface area contributed by atoms with Gasteiger partial charge in [-0.2, -0.15) is 10.1 Å². The molecule has 5 rings (SSSR count). The summed E-state index contributed by atoms with van der Waals surface area (Å²) in [6, 6.07) is 6.67. The van der Waals surface area contributed by atoms with Gasteiger partial charge >= 0.3 is 5.97 Å². The molecule has 0 spiro atoms. The second kappa shape index (κ2) is 11.3. The molecule has 1 aliphatic heterocycles. The number of likely N-dealkylation sites (tertiary alicyclic amines) is 1. The van der Waals surface area contributed by atoms with Gasteiger partial charge in [0.15, 0.2) is 5.82 Å². The number of piperidine rings is 1.